The molecule has 106 valence electrons. The minimum absolute atomic E-state index is 0.582. The molecule has 2 N–H and O–H groups in total. The Hall–Kier alpha value is -1.62. The van der Waals surface area contributed by atoms with E-state index in [4.69, 9.17) is 10.2 Å². The Labute approximate surface area is 123 Å². The zero-order valence-electron chi connectivity index (χ0n) is 11.6. The molecule has 0 spiro atoms. The Bertz CT molecular complexity index is 629. The Balaban J connectivity index is 1.80. The van der Waals surface area contributed by atoms with Crippen LogP contribution in [0.2, 0.25) is 0 Å². The second kappa shape index (κ2) is 5.79. The summed E-state index contributed by atoms with van der Waals surface area (Å²) in [6, 6.07) is 8.07. The SMILES string of the molecule is Cc1oc2ccccc2c1CN=C(N)N1CCSCC1. The lowest BCUT2D eigenvalue weighted by molar-refractivity contribution is 0.455. The fraction of sp³-hybridized carbons (Fsp3) is 0.400. The van der Waals surface area contributed by atoms with E-state index in [1.54, 1.807) is 0 Å². The summed E-state index contributed by atoms with van der Waals surface area (Å²) < 4.78 is 5.75. The lowest BCUT2D eigenvalue weighted by atomic mass is 10.1. The number of aryl methyl sites for hydroxylation is 1. The molecule has 0 saturated carbocycles. The average Bonchev–Trinajstić information content (AvgIpc) is 2.81. The summed E-state index contributed by atoms with van der Waals surface area (Å²) in [4.78, 5) is 6.71. The third-order valence-corrected chi connectivity index (χ3v) is 4.58. The van der Waals surface area contributed by atoms with Crippen LogP contribution in [0, 0.1) is 6.92 Å². The van der Waals surface area contributed by atoms with E-state index < -0.39 is 0 Å². The van der Waals surface area contributed by atoms with Gasteiger partial charge in [0.25, 0.3) is 0 Å². The van der Waals surface area contributed by atoms with Gasteiger partial charge in [0, 0.05) is 35.5 Å². The van der Waals surface area contributed by atoms with Crippen LogP contribution in [0.25, 0.3) is 11.0 Å². The highest BCUT2D eigenvalue weighted by atomic mass is 32.2. The molecular weight excluding hydrogens is 270 g/mol. The molecule has 1 aliphatic heterocycles. The van der Waals surface area contributed by atoms with E-state index in [-0.39, 0.29) is 0 Å². The van der Waals surface area contributed by atoms with Gasteiger partial charge in [-0.3, -0.25) is 0 Å². The maximum absolute atomic E-state index is 6.10. The van der Waals surface area contributed by atoms with Crippen LogP contribution in [-0.2, 0) is 6.54 Å². The highest BCUT2D eigenvalue weighted by molar-refractivity contribution is 7.99. The van der Waals surface area contributed by atoms with Gasteiger partial charge in [0.2, 0.25) is 0 Å². The molecule has 5 heteroatoms. The molecule has 2 aromatic rings. The molecule has 0 atom stereocenters. The highest BCUT2D eigenvalue weighted by Crippen LogP contribution is 2.25. The molecule has 3 rings (SSSR count). The van der Waals surface area contributed by atoms with Crippen molar-refractivity contribution in [1.29, 1.82) is 0 Å². The summed E-state index contributed by atoms with van der Waals surface area (Å²) in [7, 11) is 0. The zero-order chi connectivity index (χ0) is 13.9. The van der Waals surface area contributed by atoms with Crippen LogP contribution in [0.1, 0.15) is 11.3 Å². The first-order valence-corrected chi connectivity index (χ1v) is 8.01. The Morgan fingerprint density at radius 2 is 2.10 bits per heavy atom. The first-order chi connectivity index (χ1) is 9.75. The number of thioether (sulfide) groups is 1. The molecule has 1 aliphatic rings. The fourth-order valence-electron chi connectivity index (χ4n) is 2.47. The summed E-state index contributed by atoms with van der Waals surface area (Å²) in [6.45, 7) is 4.55. The van der Waals surface area contributed by atoms with Crippen molar-refractivity contribution in [1.82, 2.24) is 4.90 Å². The fourth-order valence-corrected chi connectivity index (χ4v) is 3.37. The van der Waals surface area contributed by atoms with Crippen LogP contribution >= 0.6 is 11.8 Å². The predicted molar refractivity (Wildman–Crippen MR) is 85.2 cm³/mol. The van der Waals surface area contributed by atoms with Crippen molar-refractivity contribution in [3.63, 3.8) is 0 Å². The van der Waals surface area contributed by atoms with Gasteiger partial charge in [-0.2, -0.15) is 11.8 Å². The van der Waals surface area contributed by atoms with E-state index in [9.17, 15) is 0 Å². The highest BCUT2D eigenvalue weighted by Gasteiger charge is 2.13. The van der Waals surface area contributed by atoms with Gasteiger partial charge in [-0.15, -0.1) is 0 Å². The third kappa shape index (κ3) is 2.63. The topological polar surface area (TPSA) is 54.8 Å². The molecule has 4 nitrogen and oxygen atoms in total. The molecule has 2 heterocycles. The van der Waals surface area contributed by atoms with E-state index in [0.29, 0.717) is 12.5 Å². The van der Waals surface area contributed by atoms with Gasteiger partial charge < -0.3 is 15.1 Å². The van der Waals surface area contributed by atoms with Crippen LogP contribution in [0.3, 0.4) is 0 Å². The lowest BCUT2D eigenvalue weighted by Gasteiger charge is -2.27. The molecule has 1 aromatic carbocycles. The van der Waals surface area contributed by atoms with Gasteiger partial charge >= 0.3 is 0 Å². The summed E-state index contributed by atoms with van der Waals surface area (Å²) in [5, 5.41) is 1.13. The molecule has 1 fully saturated rings. The summed E-state index contributed by atoms with van der Waals surface area (Å²) in [5.74, 6) is 3.83. The Morgan fingerprint density at radius 3 is 2.90 bits per heavy atom. The lowest BCUT2D eigenvalue weighted by Crippen LogP contribution is -2.42. The van der Waals surface area contributed by atoms with E-state index >= 15 is 0 Å². The van der Waals surface area contributed by atoms with Gasteiger partial charge in [-0.1, -0.05) is 18.2 Å². The number of benzene rings is 1. The summed E-state index contributed by atoms with van der Waals surface area (Å²) in [6.07, 6.45) is 0. The van der Waals surface area contributed by atoms with Crippen molar-refractivity contribution in [2.24, 2.45) is 10.7 Å². The molecule has 1 saturated heterocycles. The number of hydrogen-bond acceptors (Lipinski definition) is 3. The third-order valence-electron chi connectivity index (χ3n) is 3.63. The van der Waals surface area contributed by atoms with E-state index in [1.165, 1.54) is 0 Å². The summed E-state index contributed by atoms with van der Waals surface area (Å²) >= 11 is 1.97. The van der Waals surface area contributed by atoms with Crippen LogP contribution in [-0.4, -0.2) is 35.5 Å². The average molecular weight is 289 g/mol. The van der Waals surface area contributed by atoms with Gasteiger partial charge in [0.15, 0.2) is 5.96 Å². The number of nitrogens with two attached hydrogens (primary N) is 1. The van der Waals surface area contributed by atoms with Gasteiger partial charge in [-0.25, -0.2) is 4.99 Å². The number of para-hydroxylation sites is 1. The second-order valence-electron chi connectivity index (χ2n) is 4.91. The van der Waals surface area contributed by atoms with Crippen molar-refractivity contribution in [2.45, 2.75) is 13.5 Å². The number of aliphatic imine (C=N–C) groups is 1. The quantitative estimate of drug-likeness (QED) is 0.682. The summed E-state index contributed by atoms with van der Waals surface area (Å²) in [5.41, 5.74) is 8.15. The Kier molecular flexibility index (Phi) is 3.87. The second-order valence-corrected chi connectivity index (χ2v) is 6.13. The van der Waals surface area contributed by atoms with Crippen molar-refractivity contribution >= 4 is 28.7 Å². The van der Waals surface area contributed by atoms with Gasteiger partial charge in [0.05, 0.1) is 6.54 Å². The smallest absolute Gasteiger partial charge is 0.191 e. The number of fused-ring (bicyclic) bond motifs is 1. The number of guanidine groups is 1. The maximum atomic E-state index is 6.10. The number of furan rings is 1. The van der Waals surface area contributed by atoms with Gasteiger partial charge in [-0.05, 0) is 13.0 Å². The molecular formula is C15H19N3OS. The monoisotopic (exact) mass is 289 g/mol. The predicted octanol–water partition coefficient (Wildman–Crippen LogP) is 2.60. The van der Waals surface area contributed by atoms with E-state index in [0.717, 1.165) is 46.9 Å². The van der Waals surface area contributed by atoms with E-state index in [1.807, 2.05) is 36.9 Å². The van der Waals surface area contributed by atoms with Crippen molar-refractivity contribution < 1.29 is 4.42 Å². The molecule has 0 amide bonds. The van der Waals surface area contributed by atoms with Crippen LogP contribution in [0.5, 0.6) is 0 Å². The van der Waals surface area contributed by atoms with Crippen molar-refractivity contribution in [2.75, 3.05) is 24.6 Å². The molecule has 1 aromatic heterocycles. The zero-order valence-corrected chi connectivity index (χ0v) is 12.4. The van der Waals surface area contributed by atoms with E-state index in [2.05, 4.69) is 16.0 Å². The number of rotatable bonds is 2. The van der Waals surface area contributed by atoms with Gasteiger partial charge in [0.1, 0.15) is 11.3 Å². The largest absolute Gasteiger partial charge is 0.461 e. The maximum Gasteiger partial charge on any atom is 0.191 e. The van der Waals surface area contributed by atoms with Crippen molar-refractivity contribution in [3.05, 3.63) is 35.6 Å². The number of hydrogen-bond donors (Lipinski definition) is 1. The van der Waals surface area contributed by atoms with Crippen molar-refractivity contribution in [3.8, 4) is 0 Å². The molecule has 0 aliphatic carbocycles. The first-order valence-electron chi connectivity index (χ1n) is 6.85. The standard InChI is InChI=1S/C15H19N3OS/c1-11-13(12-4-2-3-5-14(12)19-11)10-17-15(16)18-6-8-20-9-7-18/h2-5H,6-10H2,1H3,(H2,16,17). The van der Waals surface area contributed by atoms with Crippen LogP contribution in [0.15, 0.2) is 33.7 Å². The number of nitrogens with zero attached hydrogens (tertiary/aromatic N) is 2. The van der Waals surface area contributed by atoms with Crippen LogP contribution < -0.4 is 5.73 Å². The normalized spacial score (nSPS) is 16.9. The molecule has 0 unspecified atom stereocenters. The molecule has 20 heavy (non-hydrogen) atoms. The molecule has 0 radical (unpaired) electrons. The molecule has 0 bridgehead atoms. The minimum Gasteiger partial charge on any atom is -0.461 e. The Morgan fingerprint density at radius 1 is 1.35 bits per heavy atom. The first kappa shape index (κ1) is 13.4. The minimum atomic E-state index is 0.582. The van der Waals surface area contributed by atoms with Crippen LogP contribution in [0.4, 0.5) is 0 Å².